The summed E-state index contributed by atoms with van der Waals surface area (Å²) < 4.78 is 2.15. The van der Waals surface area contributed by atoms with Crippen LogP contribution in [0, 0.1) is 0 Å². The Balaban J connectivity index is 2.12. The fraction of sp³-hybridized carbons (Fsp3) is 0.533. The van der Waals surface area contributed by atoms with Crippen molar-refractivity contribution >= 4 is 0 Å². The highest BCUT2D eigenvalue weighted by Crippen LogP contribution is 2.34. The summed E-state index contributed by atoms with van der Waals surface area (Å²) >= 11 is 0. The molecule has 0 radical (unpaired) electrons. The van der Waals surface area contributed by atoms with Crippen LogP contribution in [-0.2, 0) is 18.4 Å². The van der Waals surface area contributed by atoms with E-state index in [4.69, 9.17) is 0 Å². The van der Waals surface area contributed by atoms with E-state index in [2.05, 4.69) is 41.9 Å². The van der Waals surface area contributed by atoms with Crippen molar-refractivity contribution < 1.29 is 0 Å². The topological polar surface area (TPSA) is 37.8 Å². The van der Waals surface area contributed by atoms with Crippen LogP contribution < -0.4 is 5.56 Å². The summed E-state index contributed by atoms with van der Waals surface area (Å²) in [4.78, 5) is 12.0. The number of nitrogens with one attached hydrogen (secondary N) is 1. The van der Waals surface area contributed by atoms with E-state index in [1.807, 2.05) is 0 Å². The molecule has 1 aromatic heterocycles. The Morgan fingerprint density at radius 1 is 1.44 bits per heavy atom. The molecule has 2 aliphatic rings. The molecule has 0 aromatic carbocycles. The highest BCUT2D eigenvalue weighted by atomic mass is 16.1. The van der Waals surface area contributed by atoms with Crippen LogP contribution in [0.15, 0.2) is 28.6 Å². The van der Waals surface area contributed by atoms with Crippen LogP contribution >= 0.6 is 0 Å². The Kier molecular flexibility index (Phi) is 2.58. The fourth-order valence-electron chi connectivity index (χ4n) is 3.18. The number of allylic oxidation sites excluding steroid dienone is 4. The maximum atomic E-state index is 12.0. The van der Waals surface area contributed by atoms with Crippen molar-refractivity contribution in [1.29, 1.82) is 0 Å². The zero-order valence-electron chi connectivity index (χ0n) is 11.1. The molecule has 3 rings (SSSR count). The lowest BCUT2D eigenvalue weighted by Crippen LogP contribution is -2.34. The van der Waals surface area contributed by atoms with Crippen molar-refractivity contribution in [3.8, 4) is 0 Å². The van der Waals surface area contributed by atoms with Gasteiger partial charge in [0.1, 0.15) is 0 Å². The first-order chi connectivity index (χ1) is 8.66. The molecule has 0 amide bonds. The van der Waals surface area contributed by atoms with E-state index in [0.717, 1.165) is 37.7 Å². The van der Waals surface area contributed by atoms with Gasteiger partial charge in [-0.1, -0.05) is 30.7 Å². The molecule has 0 bridgehead atoms. The summed E-state index contributed by atoms with van der Waals surface area (Å²) in [6.07, 6.45) is 11.8. The van der Waals surface area contributed by atoms with Gasteiger partial charge in [-0.15, -0.1) is 0 Å². The summed E-state index contributed by atoms with van der Waals surface area (Å²) in [5.41, 5.74) is 3.62. The number of fused-ring (bicyclic) bond motifs is 1. The second-order valence-corrected chi connectivity index (χ2v) is 5.50. The number of hydrogen-bond acceptors (Lipinski definition) is 1. The van der Waals surface area contributed by atoms with Gasteiger partial charge in [0.15, 0.2) is 0 Å². The molecule has 1 N–H and O–H groups in total. The second-order valence-electron chi connectivity index (χ2n) is 5.50. The first kappa shape index (κ1) is 11.6. The summed E-state index contributed by atoms with van der Waals surface area (Å²) in [6, 6.07) is 0. The van der Waals surface area contributed by atoms with Crippen molar-refractivity contribution in [3.05, 3.63) is 45.4 Å². The molecule has 0 saturated heterocycles. The third-order valence-corrected chi connectivity index (χ3v) is 4.44. The summed E-state index contributed by atoms with van der Waals surface area (Å²) in [6.45, 7) is 4.32. The number of nitrogens with zero attached hydrogens (tertiary/aromatic N) is 1. The van der Waals surface area contributed by atoms with E-state index in [-0.39, 0.29) is 11.1 Å². The third-order valence-electron chi connectivity index (χ3n) is 4.44. The molecule has 2 aliphatic carbocycles. The summed E-state index contributed by atoms with van der Waals surface area (Å²) in [7, 11) is 0. The molecule has 0 fully saturated rings. The van der Waals surface area contributed by atoms with Crippen LogP contribution in [0.4, 0.5) is 0 Å². The van der Waals surface area contributed by atoms with Gasteiger partial charge >= 0.3 is 0 Å². The van der Waals surface area contributed by atoms with E-state index in [1.54, 1.807) is 0 Å². The predicted octanol–water partition coefficient (Wildman–Crippen LogP) is 2.68. The molecule has 3 nitrogen and oxygen atoms in total. The maximum Gasteiger partial charge on any atom is 0.267 e. The zero-order chi connectivity index (χ0) is 12.8. The lowest BCUT2D eigenvalue weighted by atomic mass is 9.86. The molecule has 3 heteroatoms. The Morgan fingerprint density at radius 3 is 2.94 bits per heavy atom. The maximum absolute atomic E-state index is 12.0. The Morgan fingerprint density at radius 2 is 2.28 bits per heavy atom. The number of aromatic nitrogens is 2. The Hall–Kier alpha value is -1.51. The molecule has 0 spiro atoms. The lowest BCUT2D eigenvalue weighted by Gasteiger charge is -2.33. The molecule has 0 aliphatic heterocycles. The smallest absolute Gasteiger partial charge is 0.267 e. The summed E-state index contributed by atoms with van der Waals surface area (Å²) in [5.74, 6) is 0. The van der Waals surface area contributed by atoms with Gasteiger partial charge in [0.25, 0.3) is 5.56 Å². The van der Waals surface area contributed by atoms with Gasteiger partial charge in [-0.25, -0.2) is 0 Å². The minimum absolute atomic E-state index is 0.0589. The summed E-state index contributed by atoms with van der Waals surface area (Å²) in [5, 5.41) is 3.07. The average molecular weight is 244 g/mol. The quantitative estimate of drug-likeness (QED) is 0.853. The Bertz CT molecular complexity index is 588. The van der Waals surface area contributed by atoms with E-state index in [0.29, 0.717) is 0 Å². The molecule has 96 valence electrons. The van der Waals surface area contributed by atoms with Crippen LogP contribution in [0.2, 0.25) is 0 Å². The molecular formula is C15H20N2O. The Labute approximate surface area is 107 Å². The standard InChI is InChI=1S/C15H20N2O/c1-3-15(9-7-11(2)8-10-15)17-13-6-4-5-12(13)14(18)16-17/h7-9H,3-6,10H2,1-2H3,(H,16,18). The minimum Gasteiger partial charge on any atom is -0.279 e. The number of hydrogen-bond donors (Lipinski definition) is 1. The monoisotopic (exact) mass is 244 g/mol. The van der Waals surface area contributed by atoms with Gasteiger partial charge in [0, 0.05) is 11.3 Å². The van der Waals surface area contributed by atoms with E-state index in [9.17, 15) is 4.79 Å². The van der Waals surface area contributed by atoms with Crippen LogP contribution in [-0.4, -0.2) is 9.78 Å². The van der Waals surface area contributed by atoms with E-state index < -0.39 is 0 Å². The molecule has 18 heavy (non-hydrogen) atoms. The van der Waals surface area contributed by atoms with Crippen molar-refractivity contribution in [1.82, 2.24) is 9.78 Å². The first-order valence-corrected chi connectivity index (χ1v) is 6.85. The van der Waals surface area contributed by atoms with E-state index >= 15 is 0 Å². The van der Waals surface area contributed by atoms with Crippen molar-refractivity contribution in [2.24, 2.45) is 0 Å². The second kappa shape index (κ2) is 4.01. The molecule has 1 aromatic rings. The van der Waals surface area contributed by atoms with Gasteiger partial charge in [-0.05, 0) is 39.0 Å². The van der Waals surface area contributed by atoms with E-state index in [1.165, 1.54) is 11.3 Å². The minimum atomic E-state index is -0.0589. The van der Waals surface area contributed by atoms with Gasteiger partial charge in [0.2, 0.25) is 0 Å². The van der Waals surface area contributed by atoms with Crippen LogP contribution in [0.1, 0.15) is 44.4 Å². The molecular weight excluding hydrogens is 224 g/mol. The number of rotatable bonds is 2. The lowest BCUT2D eigenvalue weighted by molar-refractivity contribution is 0.310. The molecule has 1 atom stereocenters. The van der Waals surface area contributed by atoms with Crippen LogP contribution in [0.3, 0.4) is 0 Å². The predicted molar refractivity (Wildman–Crippen MR) is 72.9 cm³/mol. The normalized spacial score (nSPS) is 26.2. The molecule has 0 saturated carbocycles. The highest BCUT2D eigenvalue weighted by molar-refractivity contribution is 5.31. The van der Waals surface area contributed by atoms with Crippen molar-refractivity contribution in [3.63, 3.8) is 0 Å². The van der Waals surface area contributed by atoms with Crippen LogP contribution in [0.5, 0.6) is 0 Å². The highest BCUT2D eigenvalue weighted by Gasteiger charge is 2.33. The zero-order valence-corrected chi connectivity index (χ0v) is 11.1. The van der Waals surface area contributed by atoms with Gasteiger partial charge in [0.05, 0.1) is 5.54 Å². The van der Waals surface area contributed by atoms with Crippen molar-refractivity contribution in [2.75, 3.05) is 0 Å². The first-order valence-electron chi connectivity index (χ1n) is 6.85. The fourth-order valence-corrected chi connectivity index (χ4v) is 3.18. The number of aromatic amines is 1. The van der Waals surface area contributed by atoms with Crippen molar-refractivity contribution in [2.45, 2.75) is 51.5 Å². The largest absolute Gasteiger partial charge is 0.279 e. The third kappa shape index (κ3) is 1.53. The molecule has 1 heterocycles. The van der Waals surface area contributed by atoms with Gasteiger partial charge < -0.3 is 0 Å². The van der Waals surface area contributed by atoms with Gasteiger partial charge in [-0.2, -0.15) is 0 Å². The van der Waals surface area contributed by atoms with Crippen LogP contribution in [0.25, 0.3) is 0 Å². The molecule has 1 unspecified atom stereocenters. The average Bonchev–Trinajstić information content (AvgIpc) is 2.96. The SMILES string of the molecule is CCC1(n2[nH]c(=O)c3c2CCC3)C=CC(C)=CC1. The number of H-pyrrole nitrogens is 1. The van der Waals surface area contributed by atoms with Gasteiger partial charge in [-0.3, -0.25) is 14.6 Å².